The molecule has 130 valence electrons. The molecular weight excluding hydrogens is 335 g/mol. The van der Waals surface area contributed by atoms with Crippen LogP contribution in [0.4, 0.5) is 4.39 Å². The van der Waals surface area contributed by atoms with E-state index in [0.29, 0.717) is 16.7 Å². The summed E-state index contributed by atoms with van der Waals surface area (Å²) in [5.41, 5.74) is 1.47. The summed E-state index contributed by atoms with van der Waals surface area (Å²) in [6.45, 7) is 0. The van der Waals surface area contributed by atoms with Crippen LogP contribution in [0, 0.1) is 5.82 Å². The summed E-state index contributed by atoms with van der Waals surface area (Å²) in [6.07, 6.45) is 2.82. The van der Waals surface area contributed by atoms with E-state index in [4.69, 9.17) is 0 Å². The fourth-order valence-electron chi connectivity index (χ4n) is 2.87. The number of methoxy groups -OCH3 is 1. The quantitative estimate of drug-likeness (QED) is 0.555. The molecule has 3 aromatic carbocycles. The van der Waals surface area contributed by atoms with Gasteiger partial charge in [0.2, 0.25) is 0 Å². The van der Waals surface area contributed by atoms with Gasteiger partial charge in [-0.1, -0.05) is 42.5 Å². The molecule has 0 aliphatic carbocycles. The summed E-state index contributed by atoms with van der Waals surface area (Å²) in [5.74, 6) is -2.38. The number of rotatable bonds is 4. The van der Waals surface area contributed by atoms with Crippen LogP contribution in [0.3, 0.4) is 0 Å². The van der Waals surface area contributed by atoms with Gasteiger partial charge in [-0.25, -0.2) is 14.0 Å². The van der Waals surface area contributed by atoms with Crippen molar-refractivity contribution in [3.8, 4) is 11.1 Å². The van der Waals surface area contributed by atoms with E-state index in [-0.39, 0.29) is 5.56 Å². The molecular formula is C21H15FO4. The van der Waals surface area contributed by atoms with Crippen LogP contribution in [-0.2, 0) is 9.53 Å². The molecule has 0 aliphatic rings. The molecule has 0 saturated heterocycles. The largest absolute Gasteiger partial charge is 0.478 e. The zero-order valence-corrected chi connectivity index (χ0v) is 13.9. The molecule has 0 aromatic heterocycles. The van der Waals surface area contributed by atoms with E-state index in [9.17, 15) is 19.1 Å². The second-order valence-corrected chi connectivity index (χ2v) is 5.60. The molecule has 3 aromatic rings. The molecule has 0 heterocycles. The van der Waals surface area contributed by atoms with Gasteiger partial charge in [0.05, 0.1) is 12.7 Å². The van der Waals surface area contributed by atoms with Crippen LogP contribution in [0.25, 0.3) is 28.0 Å². The van der Waals surface area contributed by atoms with Crippen LogP contribution in [0.5, 0.6) is 0 Å². The van der Waals surface area contributed by atoms with Crippen molar-refractivity contribution in [3.63, 3.8) is 0 Å². The van der Waals surface area contributed by atoms with Crippen molar-refractivity contribution in [2.75, 3.05) is 7.11 Å². The van der Waals surface area contributed by atoms with Crippen LogP contribution < -0.4 is 0 Å². The van der Waals surface area contributed by atoms with Gasteiger partial charge in [0.1, 0.15) is 5.82 Å². The zero-order valence-electron chi connectivity index (χ0n) is 13.9. The average molecular weight is 350 g/mol. The lowest BCUT2D eigenvalue weighted by molar-refractivity contribution is -0.134. The third-order valence-corrected chi connectivity index (χ3v) is 4.04. The maximum absolute atomic E-state index is 13.6. The highest BCUT2D eigenvalue weighted by atomic mass is 19.1. The van der Waals surface area contributed by atoms with Gasteiger partial charge in [-0.3, -0.25) is 0 Å². The predicted molar refractivity (Wildman–Crippen MR) is 97.4 cm³/mol. The Hall–Kier alpha value is -3.47. The summed E-state index contributed by atoms with van der Waals surface area (Å²) >= 11 is 0. The molecule has 0 aliphatic heterocycles. The molecule has 5 heteroatoms. The van der Waals surface area contributed by atoms with Crippen LogP contribution in [0.15, 0.2) is 60.7 Å². The second kappa shape index (κ2) is 7.19. The number of carboxylic acid groups (broad SMARTS) is 1. The first-order valence-electron chi connectivity index (χ1n) is 7.82. The summed E-state index contributed by atoms with van der Waals surface area (Å²) in [4.78, 5) is 23.1. The Morgan fingerprint density at radius 3 is 2.58 bits per heavy atom. The number of carbonyl (C=O) groups is 2. The summed E-state index contributed by atoms with van der Waals surface area (Å²) < 4.78 is 18.2. The Morgan fingerprint density at radius 1 is 1.08 bits per heavy atom. The lowest BCUT2D eigenvalue weighted by Gasteiger charge is -2.14. The second-order valence-electron chi connectivity index (χ2n) is 5.60. The molecule has 26 heavy (non-hydrogen) atoms. The number of halogens is 1. The van der Waals surface area contributed by atoms with Crippen molar-refractivity contribution in [3.05, 3.63) is 77.6 Å². The Morgan fingerprint density at radius 2 is 1.85 bits per heavy atom. The summed E-state index contributed by atoms with van der Waals surface area (Å²) in [5, 5.41) is 11.2. The van der Waals surface area contributed by atoms with E-state index >= 15 is 0 Å². The Labute approximate surface area is 149 Å². The fraction of sp³-hybridized carbons (Fsp3) is 0.0476. The standard InChI is InChI=1S/C21H15FO4/c1-26-19(23)11-8-14-7-6-13-4-2-3-5-16(13)20(14)17-10-9-15(22)12-18(17)21(24)25/h2-12H,1H3,(H,24,25). The highest BCUT2D eigenvalue weighted by Gasteiger charge is 2.17. The number of carboxylic acids is 1. The number of hydrogen-bond acceptors (Lipinski definition) is 3. The van der Waals surface area contributed by atoms with Gasteiger partial charge >= 0.3 is 11.9 Å². The first kappa shape index (κ1) is 17.4. The minimum Gasteiger partial charge on any atom is -0.478 e. The summed E-state index contributed by atoms with van der Waals surface area (Å²) in [7, 11) is 1.27. The molecule has 0 saturated carbocycles. The Balaban J connectivity index is 2.35. The number of aromatic carboxylic acids is 1. The van der Waals surface area contributed by atoms with Gasteiger partial charge in [-0.15, -0.1) is 0 Å². The lowest BCUT2D eigenvalue weighted by Crippen LogP contribution is -2.02. The van der Waals surface area contributed by atoms with E-state index in [1.165, 1.54) is 25.3 Å². The van der Waals surface area contributed by atoms with E-state index in [1.54, 1.807) is 12.1 Å². The SMILES string of the molecule is COC(=O)C=Cc1ccc2ccccc2c1-c1ccc(F)cc1C(=O)O. The molecule has 1 N–H and O–H groups in total. The lowest BCUT2D eigenvalue weighted by atomic mass is 9.90. The molecule has 0 spiro atoms. The fourth-order valence-corrected chi connectivity index (χ4v) is 2.87. The number of fused-ring (bicyclic) bond motifs is 1. The summed E-state index contributed by atoms with van der Waals surface area (Å²) in [6, 6.07) is 14.8. The van der Waals surface area contributed by atoms with Crippen molar-refractivity contribution in [2.45, 2.75) is 0 Å². The minimum atomic E-state index is -1.23. The molecule has 0 bridgehead atoms. The predicted octanol–water partition coefficient (Wildman–Crippen LogP) is 4.53. The van der Waals surface area contributed by atoms with Crippen molar-refractivity contribution in [1.29, 1.82) is 0 Å². The van der Waals surface area contributed by atoms with Gasteiger partial charge < -0.3 is 9.84 Å². The third kappa shape index (κ3) is 3.32. The maximum atomic E-state index is 13.6. The van der Waals surface area contributed by atoms with Crippen molar-refractivity contribution in [2.24, 2.45) is 0 Å². The third-order valence-electron chi connectivity index (χ3n) is 4.04. The highest BCUT2D eigenvalue weighted by molar-refractivity contribution is 6.06. The van der Waals surface area contributed by atoms with Crippen LogP contribution >= 0.6 is 0 Å². The first-order chi connectivity index (χ1) is 12.5. The molecule has 4 nitrogen and oxygen atoms in total. The van der Waals surface area contributed by atoms with Crippen LogP contribution in [0.2, 0.25) is 0 Å². The number of esters is 1. The smallest absolute Gasteiger partial charge is 0.336 e. The molecule has 0 amide bonds. The van der Waals surface area contributed by atoms with Crippen molar-refractivity contribution >= 4 is 28.8 Å². The topological polar surface area (TPSA) is 63.6 Å². The van der Waals surface area contributed by atoms with Gasteiger partial charge in [0, 0.05) is 6.08 Å². The Bertz CT molecular complexity index is 1040. The van der Waals surface area contributed by atoms with Gasteiger partial charge in [-0.2, -0.15) is 0 Å². The van der Waals surface area contributed by atoms with E-state index in [1.807, 2.05) is 30.3 Å². The highest BCUT2D eigenvalue weighted by Crippen LogP contribution is 2.35. The molecule has 0 radical (unpaired) electrons. The monoisotopic (exact) mass is 350 g/mol. The van der Waals surface area contributed by atoms with Crippen LogP contribution in [0.1, 0.15) is 15.9 Å². The number of carbonyl (C=O) groups excluding carboxylic acids is 1. The van der Waals surface area contributed by atoms with E-state index in [0.717, 1.165) is 16.8 Å². The van der Waals surface area contributed by atoms with E-state index < -0.39 is 17.8 Å². The molecule has 3 rings (SSSR count). The van der Waals surface area contributed by atoms with E-state index in [2.05, 4.69) is 4.74 Å². The van der Waals surface area contributed by atoms with Crippen molar-refractivity contribution in [1.82, 2.24) is 0 Å². The molecule has 0 unspecified atom stereocenters. The number of ether oxygens (including phenoxy) is 1. The van der Waals surface area contributed by atoms with Gasteiger partial charge in [0.25, 0.3) is 0 Å². The number of hydrogen-bond donors (Lipinski definition) is 1. The van der Waals surface area contributed by atoms with Gasteiger partial charge in [0.15, 0.2) is 0 Å². The van der Waals surface area contributed by atoms with Crippen molar-refractivity contribution < 1.29 is 23.8 Å². The maximum Gasteiger partial charge on any atom is 0.336 e. The van der Waals surface area contributed by atoms with Gasteiger partial charge in [-0.05, 0) is 45.7 Å². The molecule has 0 fully saturated rings. The zero-order chi connectivity index (χ0) is 18.7. The molecule has 0 atom stereocenters. The average Bonchev–Trinajstić information content (AvgIpc) is 2.65. The number of benzene rings is 3. The normalized spacial score (nSPS) is 11.0. The van der Waals surface area contributed by atoms with Crippen LogP contribution in [-0.4, -0.2) is 24.2 Å². The first-order valence-corrected chi connectivity index (χ1v) is 7.82. The Kier molecular flexibility index (Phi) is 4.80. The minimum absolute atomic E-state index is 0.144.